The van der Waals surface area contributed by atoms with Crippen LogP contribution in [0.3, 0.4) is 0 Å². The summed E-state index contributed by atoms with van der Waals surface area (Å²) in [5.41, 5.74) is 6.58. The van der Waals surface area contributed by atoms with Crippen LogP contribution in [-0.2, 0) is 17.0 Å². The molecule has 4 rings (SSSR count). The monoisotopic (exact) mass is 580 g/mol. The Kier molecular flexibility index (Phi) is 12.1. The van der Waals surface area contributed by atoms with Crippen molar-refractivity contribution in [1.29, 1.82) is 0 Å². The third-order valence-corrected chi connectivity index (χ3v) is 5.94. The molecule has 0 amide bonds. The summed E-state index contributed by atoms with van der Waals surface area (Å²) in [5, 5.41) is 21.4. The molecule has 0 spiro atoms. The van der Waals surface area contributed by atoms with Crippen LogP contribution >= 0.6 is 18.6 Å². The predicted octanol–water partition coefficient (Wildman–Crippen LogP) is 7.86. The Bertz CT molecular complexity index is 1270. The summed E-state index contributed by atoms with van der Waals surface area (Å²) in [6.45, 7) is 4.90. The van der Waals surface area contributed by atoms with Gasteiger partial charge in [-0.1, -0.05) is 84.9 Å². The Labute approximate surface area is 241 Å². The molecule has 0 heterocycles. The van der Waals surface area contributed by atoms with Gasteiger partial charge >= 0.3 is 35.6 Å². The number of phenols is 2. The Hall–Kier alpha value is -2.89. The van der Waals surface area contributed by atoms with E-state index in [1.165, 1.54) is 0 Å². The number of rotatable bonds is 8. The number of hydrogen-bond acceptors (Lipinski definition) is 4. The van der Waals surface area contributed by atoms with Gasteiger partial charge in [-0.05, 0) is 43.5 Å². The van der Waals surface area contributed by atoms with Gasteiger partial charge in [0.2, 0.25) is 0 Å². The third-order valence-electron chi connectivity index (χ3n) is 5.94. The van der Waals surface area contributed by atoms with E-state index in [1.54, 1.807) is 0 Å². The van der Waals surface area contributed by atoms with E-state index in [1.807, 2.05) is 111 Å². The van der Waals surface area contributed by atoms with E-state index in [4.69, 9.17) is 28.6 Å². The summed E-state index contributed by atoms with van der Waals surface area (Å²) in [7, 11) is 9.78. The second-order valence-corrected chi connectivity index (χ2v) is 11.1. The third kappa shape index (κ3) is 8.05. The number of nitrogens with zero attached hydrogens (tertiary/aromatic N) is 2. The summed E-state index contributed by atoms with van der Waals surface area (Å²) in [5.74, 6) is 0.517. The van der Waals surface area contributed by atoms with Crippen molar-refractivity contribution in [3.63, 3.8) is 0 Å². The maximum absolute atomic E-state index is 10.7. The quantitative estimate of drug-likeness (QED) is 0.126. The van der Waals surface area contributed by atoms with Crippen LogP contribution in [0.25, 0.3) is 0 Å². The summed E-state index contributed by atoms with van der Waals surface area (Å²) < 4.78 is 0. The number of aromatic hydroxyl groups is 2. The Morgan fingerprint density at radius 3 is 1.34 bits per heavy atom. The van der Waals surface area contributed by atoms with Crippen molar-refractivity contribution in [2.75, 3.05) is 13.1 Å². The van der Waals surface area contributed by atoms with Crippen molar-refractivity contribution >= 4 is 30.0 Å². The average Bonchev–Trinajstić information content (AvgIpc) is 2.94. The summed E-state index contributed by atoms with van der Waals surface area (Å²) in [6.07, 6.45) is 0.728. The zero-order chi connectivity index (χ0) is 27.3. The first kappa shape index (κ1) is 29.7. The molecule has 0 aromatic heterocycles. The van der Waals surface area contributed by atoms with E-state index in [0.29, 0.717) is 13.1 Å². The summed E-state index contributed by atoms with van der Waals surface area (Å²) in [6, 6.07) is 31.3. The number of aliphatic imine (C=N–C) groups is 2. The molecular formula is C31H30Cl2N2O2Ti. The molecule has 7 heteroatoms. The number of benzene rings is 4. The SMILES string of the molecule is Cc1cccc(C(=NCCCN=C(c2ccccc2)c2cccc(C)c2O)c2ccccc2)c1O.[Cl][Ti][Cl]. The molecule has 0 radical (unpaired) electrons. The summed E-state index contributed by atoms with van der Waals surface area (Å²) >= 11 is -0.556. The van der Waals surface area contributed by atoms with Gasteiger partial charge in [-0.3, -0.25) is 9.98 Å². The Balaban J connectivity index is 0.00000127. The normalized spacial score (nSPS) is 11.5. The number of para-hydroxylation sites is 2. The molecule has 0 saturated heterocycles. The molecule has 4 aromatic rings. The van der Waals surface area contributed by atoms with Gasteiger partial charge in [0.25, 0.3) is 0 Å². The van der Waals surface area contributed by atoms with Crippen LogP contribution in [0, 0.1) is 13.8 Å². The molecule has 38 heavy (non-hydrogen) atoms. The van der Waals surface area contributed by atoms with Crippen LogP contribution in [0.1, 0.15) is 39.8 Å². The van der Waals surface area contributed by atoms with Crippen LogP contribution in [-0.4, -0.2) is 34.7 Å². The predicted molar refractivity (Wildman–Crippen MR) is 156 cm³/mol. The average molecular weight is 581 g/mol. The van der Waals surface area contributed by atoms with Crippen LogP contribution < -0.4 is 0 Å². The Morgan fingerprint density at radius 1 is 0.605 bits per heavy atom. The second kappa shape index (κ2) is 15.5. The minimum atomic E-state index is -0.556. The number of aryl methyl sites for hydroxylation is 2. The first-order valence-electron chi connectivity index (χ1n) is 12.2. The molecule has 0 fully saturated rings. The fourth-order valence-electron chi connectivity index (χ4n) is 4.01. The topological polar surface area (TPSA) is 65.2 Å². The first-order valence-corrected chi connectivity index (χ1v) is 16.5. The zero-order valence-corrected chi connectivity index (χ0v) is 24.5. The van der Waals surface area contributed by atoms with Gasteiger partial charge < -0.3 is 10.2 Å². The van der Waals surface area contributed by atoms with E-state index in [-0.39, 0.29) is 11.5 Å². The van der Waals surface area contributed by atoms with E-state index in [2.05, 4.69) is 0 Å². The van der Waals surface area contributed by atoms with Gasteiger partial charge in [-0.15, -0.1) is 0 Å². The molecule has 0 aliphatic carbocycles. The van der Waals surface area contributed by atoms with E-state index in [0.717, 1.165) is 51.2 Å². The van der Waals surface area contributed by atoms with Crippen molar-refractivity contribution < 1.29 is 27.2 Å². The van der Waals surface area contributed by atoms with E-state index in [9.17, 15) is 10.2 Å². The van der Waals surface area contributed by atoms with E-state index >= 15 is 0 Å². The molecule has 4 aromatic carbocycles. The minimum absolute atomic E-state index is 0.259. The number of halogens is 2. The van der Waals surface area contributed by atoms with Crippen LogP contribution in [0.5, 0.6) is 11.5 Å². The van der Waals surface area contributed by atoms with Crippen LogP contribution in [0.2, 0.25) is 0 Å². The molecule has 2 N–H and O–H groups in total. The van der Waals surface area contributed by atoms with Gasteiger partial charge in [0.1, 0.15) is 11.5 Å². The molecule has 0 aliphatic heterocycles. The maximum atomic E-state index is 10.7. The van der Waals surface area contributed by atoms with Crippen molar-refractivity contribution in [2.45, 2.75) is 20.3 Å². The molecule has 0 aliphatic rings. The van der Waals surface area contributed by atoms with Crippen molar-refractivity contribution in [3.8, 4) is 11.5 Å². The molecule has 0 bridgehead atoms. The molecule has 4 nitrogen and oxygen atoms in total. The number of hydrogen-bond donors (Lipinski definition) is 2. The molecule has 194 valence electrons. The van der Waals surface area contributed by atoms with Crippen LogP contribution in [0.4, 0.5) is 0 Å². The van der Waals surface area contributed by atoms with Gasteiger partial charge in [0.05, 0.1) is 11.4 Å². The first-order chi connectivity index (χ1) is 18.5. The number of phenolic OH excluding ortho intramolecular Hbond substituents is 2. The molecule has 0 atom stereocenters. The van der Waals surface area contributed by atoms with Crippen molar-refractivity contribution in [3.05, 3.63) is 130 Å². The molecule has 0 saturated carbocycles. The standard InChI is InChI=1S/C31H30N2O2.2ClH.Ti/c1-22-12-9-18-26(30(22)34)28(24-14-5-3-6-15-24)32-20-11-21-33-29(25-16-7-4-8-17-25)27-19-10-13-23(2)31(27)35;;;/h3-10,12-19,34-35H,11,20-21H2,1-2H3;2*1H;/q;;;+2/p-2. The van der Waals surface area contributed by atoms with Crippen LogP contribution in [0.15, 0.2) is 107 Å². The molecular weight excluding hydrogens is 551 g/mol. The van der Waals surface area contributed by atoms with Gasteiger partial charge in [0, 0.05) is 35.3 Å². The zero-order valence-electron chi connectivity index (χ0n) is 21.4. The fourth-order valence-corrected chi connectivity index (χ4v) is 4.01. The Morgan fingerprint density at radius 2 is 0.974 bits per heavy atom. The van der Waals surface area contributed by atoms with Crippen molar-refractivity contribution in [2.24, 2.45) is 9.98 Å². The fraction of sp³-hybridized carbons (Fsp3) is 0.161. The van der Waals surface area contributed by atoms with E-state index < -0.39 is 17.0 Å². The van der Waals surface area contributed by atoms with Gasteiger partial charge in [-0.25, -0.2) is 0 Å². The summed E-state index contributed by atoms with van der Waals surface area (Å²) in [4.78, 5) is 9.76. The van der Waals surface area contributed by atoms with Gasteiger partial charge in [-0.2, -0.15) is 0 Å². The van der Waals surface area contributed by atoms with Gasteiger partial charge in [0.15, 0.2) is 0 Å². The van der Waals surface area contributed by atoms with Crippen molar-refractivity contribution in [1.82, 2.24) is 0 Å². The molecule has 0 unspecified atom stereocenters. The second-order valence-electron chi connectivity index (χ2n) is 8.56.